The molecule has 0 aromatic heterocycles. The summed E-state index contributed by atoms with van der Waals surface area (Å²) in [5.74, 6) is 3.27. The molecule has 0 spiro atoms. The Morgan fingerprint density at radius 3 is 1.96 bits per heavy atom. The molecule has 10 rings (SSSR count). The summed E-state index contributed by atoms with van der Waals surface area (Å²) in [5.41, 5.74) is 14.8. The molecule has 0 N–H and O–H groups in total. The van der Waals surface area contributed by atoms with Gasteiger partial charge in [0.1, 0.15) is 0 Å². The second-order valence-electron chi connectivity index (χ2n) is 16.8. The molecular weight excluding hydrogens is 615 g/mol. The van der Waals surface area contributed by atoms with Crippen molar-refractivity contribution in [2.45, 2.75) is 88.9 Å². The van der Waals surface area contributed by atoms with Crippen molar-refractivity contribution < 1.29 is 0 Å². The molecule has 0 saturated heterocycles. The molecule has 2 bridgehead atoms. The van der Waals surface area contributed by atoms with Crippen LogP contribution in [0.15, 0.2) is 127 Å². The van der Waals surface area contributed by atoms with Gasteiger partial charge in [-0.25, -0.2) is 0 Å². The van der Waals surface area contributed by atoms with Gasteiger partial charge in [0.2, 0.25) is 0 Å². The van der Waals surface area contributed by atoms with Gasteiger partial charge in [0.05, 0.1) is 0 Å². The Morgan fingerprint density at radius 2 is 1.24 bits per heavy atom. The Morgan fingerprint density at radius 1 is 0.529 bits per heavy atom. The van der Waals surface area contributed by atoms with Crippen LogP contribution in [0.5, 0.6) is 0 Å². The number of hydrogen-bond donors (Lipinski definition) is 0. The topological polar surface area (TPSA) is 3.24 Å². The number of benzene rings is 6. The van der Waals surface area contributed by atoms with Crippen molar-refractivity contribution in [2.75, 3.05) is 4.90 Å². The van der Waals surface area contributed by atoms with Crippen LogP contribution >= 0.6 is 0 Å². The number of nitrogens with zero attached hydrogens (tertiary/aromatic N) is 1. The van der Waals surface area contributed by atoms with Crippen LogP contribution in [0.4, 0.5) is 17.1 Å². The third-order valence-corrected chi connectivity index (χ3v) is 13.5. The highest BCUT2D eigenvalue weighted by Gasteiger charge is 2.40. The van der Waals surface area contributed by atoms with E-state index in [1.165, 1.54) is 125 Å². The van der Waals surface area contributed by atoms with Crippen LogP contribution < -0.4 is 4.90 Å². The van der Waals surface area contributed by atoms with E-state index in [0.29, 0.717) is 5.92 Å². The molecule has 3 atom stereocenters. The van der Waals surface area contributed by atoms with Crippen molar-refractivity contribution in [2.24, 2.45) is 11.8 Å². The summed E-state index contributed by atoms with van der Waals surface area (Å²) in [5, 5.41) is 2.57. The van der Waals surface area contributed by atoms with Gasteiger partial charge in [0.15, 0.2) is 0 Å². The van der Waals surface area contributed by atoms with Crippen molar-refractivity contribution in [3.05, 3.63) is 150 Å². The van der Waals surface area contributed by atoms with E-state index in [0.717, 1.165) is 17.8 Å². The molecule has 51 heavy (non-hydrogen) atoms. The fourth-order valence-corrected chi connectivity index (χ4v) is 10.8. The first-order chi connectivity index (χ1) is 25.0. The summed E-state index contributed by atoms with van der Waals surface area (Å²) in [6.07, 6.45) is 12.4. The largest absolute Gasteiger partial charge is 0.310 e. The van der Waals surface area contributed by atoms with Crippen molar-refractivity contribution in [1.29, 1.82) is 0 Å². The SMILES string of the molecule is CC1(C)c2ccccc2-c2c(-c3ccc4ccccc4c3)cc(N(c3ccc(C4CCCCC4)cc3)c3ccc(C4CC5CCC4C5)cc3)cc21. The van der Waals surface area contributed by atoms with Crippen LogP contribution in [0.2, 0.25) is 0 Å². The minimum Gasteiger partial charge on any atom is -0.310 e. The third kappa shape index (κ3) is 5.26. The Bertz CT molecular complexity index is 2230. The van der Waals surface area contributed by atoms with E-state index >= 15 is 0 Å². The lowest BCUT2D eigenvalue weighted by Crippen LogP contribution is -2.17. The maximum absolute atomic E-state index is 2.54. The second-order valence-corrected chi connectivity index (χ2v) is 16.8. The molecule has 6 aromatic rings. The Labute approximate surface area is 304 Å². The maximum atomic E-state index is 2.54. The zero-order valence-electron chi connectivity index (χ0n) is 30.2. The molecule has 4 aliphatic rings. The quantitative estimate of drug-likeness (QED) is 0.171. The lowest BCUT2D eigenvalue weighted by atomic mass is 9.81. The Kier molecular flexibility index (Phi) is 7.49. The first-order valence-corrected chi connectivity index (χ1v) is 19.8. The summed E-state index contributed by atoms with van der Waals surface area (Å²) in [6.45, 7) is 4.83. The van der Waals surface area contributed by atoms with Gasteiger partial charge in [-0.1, -0.05) is 124 Å². The number of rotatable bonds is 6. The van der Waals surface area contributed by atoms with Crippen LogP contribution in [0, 0.1) is 11.8 Å². The summed E-state index contributed by atoms with van der Waals surface area (Å²) in [4.78, 5) is 2.54. The van der Waals surface area contributed by atoms with Gasteiger partial charge in [0, 0.05) is 22.5 Å². The van der Waals surface area contributed by atoms with Crippen LogP contribution in [-0.2, 0) is 5.41 Å². The smallest absolute Gasteiger partial charge is 0.0471 e. The highest BCUT2D eigenvalue weighted by Crippen LogP contribution is 2.56. The average molecular weight is 664 g/mol. The average Bonchev–Trinajstić information content (AvgIpc) is 3.88. The molecule has 4 aliphatic carbocycles. The molecular formula is C50H49N. The molecule has 3 fully saturated rings. The molecule has 3 unspecified atom stereocenters. The molecule has 3 saturated carbocycles. The van der Waals surface area contributed by atoms with Gasteiger partial charge in [0.25, 0.3) is 0 Å². The Hall–Kier alpha value is -4.62. The molecule has 1 heteroatoms. The van der Waals surface area contributed by atoms with E-state index in [1.54, 1.807) is 5.56 Å². The van der Waals surface area contributed by atoms with Crippen LogP contribution in [0.3, 0.4) is 0 Å². The summed E-state index contributed by atoms with van der Waals surface area (Å²) in [7, 11) is 0. The van der Waals surface area contributed by atoms with E-state index in [1.807, 2.05) is 0 Å². The molecule has 0 heterocycles. The predicted molar refractivity (Wildman–Crippen MR) is 216 cm³/mol. The van der Waals surface area contributed by atoms with E-state index < -0.39 is 0 Å². The highest BCUT2D eigenvalue weighted by molar-refractivity contribution is 5.98. The minimum atomic E-state index is -0.115. The molecule has 254 valence electrons. The van der Waals surface area contributed by atoms with Crippen LogP contribution in [-0.4, -0.2) is 0 Å². The van der Waals surface area contributed by atoms with Crippen LogP contribution in [0.1, 0.15) is 106 Å². The first-order valence-electron chi connectivity index (χ1n) is 19.8. The zero-order valence-corrected chi connectivity index (χ0v) is 30.2. The molecule has 6 aromatic carbocycles. The highest BCUT2D eigenvalue weighted by atomic mass is 15.1. The summed E-state index contributed by atoms with van der Waals surface area (Å²) >= 11 is 0. The van der Waals surface area contributed by atoms with Gasteiger partial charge in [-0.2, -0.15) is 0 Å². The predicted octanol–water partition coefficient (Wildman–Crippen LogP) is 14.2. The van der Waals surface area contributed by atoms with Gasteiger partial charge in [-0.05, 0) is 154 Å². The second kappa shape index (κ2) is 12.3. The van der Waals surface area contributed by atoms with Crippen molar-refractivity contribution in [3.63, 3.8) is 0 Å². The summed E-state index contributed by atoms with van der Waals surface area (Å²) in [6, 6.07) is 49.3. The number of anilines is 3. The van der Waals surface area contributed by atoms with E-state index in [4.69, 9.17) is 0 Å². The van der Waals surface area contributed by atoms with Crippen molar-refractivity contribution >= 4 is 27.8 Å². The zero-order chi connectivity index (χ0) is 34.1. The summed E-state index contributed by atoms with van der Waals surface area (Å²) < 4.78 is 0. The van der Waals surface area contributed by atoms with Crippen molar-refractivity contribution in [3.8, 4) is 22.3 Å². The standard InChI is InChI=1S/C50H49N/c1-50(2)47-15-9-8-14-44(47)49-46(40-19-18-35-12-6-7-13-38(35)30-40)31-43(32-48(49)50)51(41-24-20-36(21-25-41)34-10-4-3-5-11-34)42-26-22-37(23-27-42)45-29-33-16-17-39(45)28-33/h6-9,12-15,18-27,30-34,39,45H,3-5,10-11,16-17,28-29H2,1-2H3. The Balaban J connectivity index is 1.15. The monoisotopic (exact) mass is 663 g/mol. The van der Waals surface area contributed by atoms with Gasteiger partial charge >= 0.3 is 0 Å². The minimum absolute atomic E-state index is 0.115. The lowest BCUT2D eigenvalue weighted by Gasteiger charge is -2.30. The molecule has 0 amide bonds. The molecule has 1 nitrogen and oxygen atoms in total. The van der Waals surface area contributed by atoms with E-state index in [2.05, 4.69) is 146 Å². The van der Waals surface area contributed by atoms with E-state index in [-0.39, 0.29) is 5.41 Å². The molecule has 0 radical (unpaired) electrons. The fourth-order valence-electron chi connectivity index (χ4n) is 10.8. The van der Waals surface area contributed by atoms with Crippen molar-refractivity contribution in [1.82, 2.24) is 0 Å². The number of fused-ring (bicyclic) bond motifs is 6. The normalized spacial score (nSPS) is 21.9. The lowest BCUT2D eigenvalue weighted by molar-refractivity contribution is 0.420. The van der Waals surface area contributed by atoms with Gasteiger partial charge in [-0.3, -0.25) is 0 Å². The number of hydrogen-bond acceptors (Lipinski definition) is 1. The van der Waals surface area contributed by atoms with Crippen LogP contribution in [0.25, 0.3) is 33.0 Å². The third-order valence-electron chi connectivity index (χ3n) is 13.5. The maximum Gasteiger partial charge on any atom is 0.0471 e. The van der Waals surface area contributed by atoms with Gasteiger partial charge in [-0.15, -0.1) is 0 Å². The molecule has 0 aliphatic heterocycles. The van der Waals surface area contributed by atoms with E-state index in [9.17, 15) is 0 Å². The fraction of sp³-hybridized carbons (Fsp3) is 0.320. The van der Waals surface area contributed by atoms with Gasteiger partial charge < -0.3 is 4.90 Å². The first kappa shape index (κ1) is 31.1.